The number of esters is 2. The predicted octanol–water partition coefficient (Wildman–Crippen LogP) is -0.826. The van der Waals surface area contributed by atoms with Gasteiger partial charge in [-0.15, -0.1) is 0 Å². The fraction of sp³-hybridized carbons (Fsp3) is 0.636. The highest BCUT2D eigenvalue weighted by atomic mass is 16.5. The van der Waals surface area contributed by atoms with Crippen LogP contribution in [0.3, 0.4) is 0 Å². The molecule has 108 valence electrons. The molecule has 0 saturated heterocycles. The minimum Gasteiger partial charge on any atom is -0.480 e. The molecule has 0 spiro atoms. The fourth-order valence-corrected chi connectivity index (χ4v) is 1.61. The van der Waals surface area contributed by atoms with Crippen LogP contribution in [0.2, 0.25) is 0 Å². The summed E-state index contributed by atoms with van der Waals surface area (Å²) in [6.45, 7) is 2.47. The summed E-state index contributed by atoms with van der Waals surface area (Å²) in [5.41, 5.74) is 0. The van der Waals surface area contributed by atoms with Gasteiger partial charge in [0.2, 0.25) is 5.91 Å². The van der Waals surface area contributed by atoms with E-state index in [-0.39, 0.29) is 0 Å². The predicted molar refractivity (Wildman–Crippen MR) is 61.9 cm³/mol. The largest absolute Gasteiger partial charge is 0.480 e. The lowest BCUT2D eigenvalue weighted by molar-refractivity contribution is -0.163. The fourth-order valence-electron chi connectivity index (χ4n) is 1.61. The molecule has 0 heterocycles. The molecule has 0 aliphatic heterocycles. The van der Waals surface area contributed by atoms with E-state index in [1.54, 1.807) is 0 Å². The van der Waals surface area contributed by atoms with Crippen molar-refractivity contribution in [1.29, 1.82) is 0 Å². The third-order valence-corrected chi connectivity index (χ3v) is 2.59. The number of nitrogens with one attached hydrogen (secondary N) is 1. The second-order valence-electron chi connectivity index (χ2n) is 3.90. The highest BCUT2D eigenvalue weighted by Crippen LogP contribution is 2.19. The Kier molecular flexibility index (Phi) is 6.53. The lowest BCUT2D eigenvalue weighted by Crippen LogP contribution is -2.50. The number of amides is 1. The van der Waals surface area contributed by atoms with Crippen LogP contribution < -0.4 is 5.32 Å². The van der Waals surface area contributed by atoms with Crippen LogP contribution in [0.15, 0.2) is 0 Å². The quantitative estimate of drug-likeness (QED) is 0.479. The van der Waals surface area contributed by atoms with Crippen molar-refractivity contribution in [3.8, 4) is 0 Å². The van der Waals surface area contributed by atoms with Gasteiger partial charge in [-0.1, -0.05) is 6.92 Å². The summed E-state index contributed by atoms with van der Waals surface area (Å²) in [5.74, 6) is -6.25. The summed E-state index contributed by atoms with van der Waals surface area (Å²) in [6.07, 6.45) is 0. The third kappa shape index (κ3) is 4.57. The van der Waals surface area contributed by atoms with Gasteiger partial charge in [0.15, 0.2) is 5.92 Å². The van der Waals surface area contributed by atoms with E-state index in [1.165, 1.54) is 6.92 Å². The van der Waals surface area contributed by atoms with Crippen LogP contribution in [0, 0.1) is 11.8 Å². The van der Waals surface area contributed by atoms with Crippen LogP contribution in [0.5, 0.6) is 0 Å². The van der Waals surface area contributed by atoms with Crippen molar-refractivity contribution < 1.29 is 33.8 Å². The van der Waals surface area contributed by atoms with Crippen LogP contribution >= 0.6 is 0 Å². The van der Waals surface area contributed by atoms with Gasteiger partial charge in [0.1, 0.15) is 6.04 Å². The normalized spacial score (nSPS) is 13.3. The number of carbonyl (C=O) groups is 4. The molecule has 0 aromatic carbocycles. The molecule has 0 aromatic rings. The Morgan fingerprint density at radius 1 is 1.05 bits per heavy atom. The van der Waals surface area contributed by atoms with Gasteiger partial charge in [-0.2, -0.15) is 0 Å². The molecule has 0 saturated carbocycles. The Morgan fingerprint density at radius 3 is 1.74 bits per heavy atom. The molecule has 0 bridgehead atoms. The lowest BCUT2D eigenvalue weighted by Gasteiger charge is -2.25. The summed E-state index contributed by atoms with van der Waals surface area (Å²) >= 11 is 0. The van der Waals surface area contributed by atoms with Crippen molar-refractivity contribution in [3.05, 3.63) is 0 Å². The van der Waals surface area contributed by atoms with Gasteiger partial charge in [-0.25, -0.2) is 4.79 Å². The van der Waals surface area contributed by atoms with E-state index in [0.29, 0.717) is 0 Å². The van der Waals surface area contributed by atoms with Crippen LogP contribution in [0.25, 0.3) is 0 Å². The average Bonchev–Trinajstić information content (AvgIpc) is 2.34. The van der Waals surface area contributed by atoms with Crippen molar-refractivity contribution in [3.63, 3.8) is 0 Å². The summed E-state index contributed by atoms with van der Waals surface area (Å²) < 4.78 is 8.89. The van der Waals surface area contributed by atoms with E-state index in [0.717, 1.165) is 21.1 Å². The smallest absolute Gasteiger partial charge is 0.326 e. The molecule has 0 unspecified atom stereocenters. The van der Waals surface area contributed by atoms with E-state index in [2.05, 4.69) is 14.8 Å². The molecule has 0 aliphatic carbocycles. The minimum absolute atomic E-state index is 0.590. The number of hydrogen-bond donors (Lipinski definition) is 2. The topological polar surface area (TPSA) is 119 Å². The standard InChI is InChI=1S/C11H17NO7/c1-5(8(9(14)15)12-6(2)13)7(10(16)18-3)11(17)19-4/h5,7-8H,1-4H3,(H,12,13)(H,14,15)/t5-,8+/m1/s1. The monoisotopic (exact) mass is 275 g/mol. The van der Waals surface area contributed by atoms with Crippen molar-refractivity contribution in [2.75, 3.05) is 14.2 Å². The molecule has 1 amide bonds. The van der Waals surface area contributed by atoms with Crippen molar-refractivity contribution >= 4 is 23.8 Å². The Morgan fingerprint density at radius 2 is 1.47 bits per heavy atom. The van der Waals surface area contributed by atoms with Gasteiger partial charge >= 0.3 is 17.9 Å². The van der Waals surface area contributed by atoms with Crippen LogP contribution in [-0.4, -0.2) is 49.2 Å². The zero-order chi connectivity index (χ0) is 15.2. The number of rotatable bonds is 6. The molecule has 0 fully saturated rings. The third-order valence-electron chi connectivity index (χ3n) is 2.59. The zero-order valence-corrected chi connectivity index (χ0v) is 11.1. The molecular weight excluding hydrogens is 258 g/mol. The first-order valence-corrected chi connectivity index (χ1v) is 5.41. The number of methoxy groups -OCH3 is 2. The maximum atomic E-state index is 11.5. The first-order chi connectivity index (χ1) is 8.76. The molecule has 2 N–H and O–H groups in total. The second kappa shape index (κ2) is 7.34. The molecule has 8 nitrogen and oxygen atoms in total. The van der Waals surface area contributed by atoms with Crippen molar-refractivity contribution in [2.45, 2.75) is 19.9 Å². The number of carboxylic acid groups (broad SMARTS) is 1. The van der Waals surface area contributed by atoms with Gasteiger partial charge < -0.3 is 19.9 Å². The average molecular weight is 275 g/mol. The Hall–Kier alpha value is -2.12. The maximum absolute atomic E-state index is 11.5. The summed E-state index contributed by atoms with van der Waals surface area (Å²) in [4.78, 5) is 45.1. The van der Waals surface area contributed by atoms with Crippen LogP contribution in [0.4, 0.5) is 0 Å². The molecule has 0 aliphatic rings. The van der Waals surface area contributed by atoms with E-state index in [9.17, 15) is 19.2 Å². The molecule has 0 radical (unpaired) electrons. The number of carbonyl (C=O) groups excluding carboxylic acids is 3. The van der Waals surface area contributed by atoms with E-state index < -0.39 is 41.7 Å². The number of ether oxygens (including phenoxy) is 2. The maximum Gasteiger partial charge on any atom is 0.326 e. The SMILES string of the molecule is COC(=O)C(C(=O)OC)[C@@H](C)[C@H](NC(C)=O)C(=O)O. The second-order valence-corrected chi connectivity index (χ2v) is 3.90. The molecular formula is C11H17NO7. The molecule has 0 aromatic heterocycles. The molecule has 19 heavy (non-hydrogen) atoms. The zero-order valence-electron chi connectivity index (χ0n) is 11.1. The van der Waals surface area contributed by atoms with Gasteiger partial charge in [0, 0.05) is 12.8 Å². The van der Waals surface area contributed by atoms with E-state index >= 15 is 0 Å². The van der Waals surface area contributed by atoms with Crippen molar-refractivity contribution in [2.24, 2.45) is 11.8 Å². The van der Waals surface area contributed by atoms with E-state index in [4.69, 9.17) is 5.11 Å². The molecule has 8 heteroatoms. The van der Waals surface area contributed by atoms with Gasteiger partial charge in [0.25, 0.3) is 0 Å². The Bertz CT molecular complexity index is 363. The first-order valence-electron chi connectivity index (χ1n) is 5.41. The first kappa shape index (κ1) is 16.9. The highest BCUT2D eigenvalue weighted by molar-refractivity contribution is 5.96. The Labute approximate surface area is 110 Å². The molecule has 2 atom stereocenters. The number of hydrogen-bond acceptors (Lipinski definition) is 6. The van der Waals surface area contributed by atoms with Gasteiger partial charge in [-0.3, -0.25) is 14.4 Å². The van der Waals surface area contributed by atoms with Crippen LogP contribution in [0.1, 0.15) is 13.8 Å². The number of aliphatic carboxylic acids is 1. The van der Waals surface area contributed by atoms with Crippen LogP contribution in [-0.2, 0) is 28.7 Å². The lowest BCUT2D eigenvalue weighted by atomic mass is 9.87. The summed E-state index contributed by atoms with van der Waals surface area (Å²) in [5, 5.41) is 11.2. The summed E-state index contributed by atoms with van der Waals surface area (Å²) in [6, 6.07) is -1.40. The summed E-state index contributed by atoms with van der Waals surface area (Å²) in [7, 11) is 2.14. The minimum atomic E-state index is -1.43. The van der Waals surface area contributed by atoms with Gasteiger partial charge in [0.05, 0.1) is 14.2 Å². The Balaban J connectivity index is 5.28. The van der Waals surface area contributed by atoms with Crippen molar-refractivity contribution in [1.82, 2.24) is 5.32 Å². The highest BCUT2D eigenvalue weighted by Gasteiger charge is 2.41. The van der Waals surface area contributed by atoms with E-state index in [1.807, 2.05) is 0 Å². The number of carboxylic acids is 1. The molecule has 0 rings (SSSR count). The van der Waals surface area contributed by atoms with Gasteiger partial charge in [-0.05, 0) is 0 Å².